The van der Waals surface area contributed by atoms with Gasteiger partial charge in [0.15, 0.2) is 0 Å². The smallest absolute Gasteiger partial charge is 0.370 e. The summed E-state index contributed by atoms with van der Waals surface area (Å²) in [5, 5.41) is 3.16. The predicted octanol–water partition coefficient (Wildman–Crippen LogP) is 2.31. The van der Waals surface area contributed by atoms with Gasteiger partial charge in [-0.25, -0.2) is 0 Å². The second kappa shape index (κ2) is 5.16. The quantitative estimate of drug-likeness (QED) is 0.812. The summed E-state index contributed by atoms with van der Waals surface area (Å²) in [5.74, 6) is 1.10. The molecule has 1 aliphatic heterocycles. The molecule has 0 spiro atoms. The molecular formula is C11H19F3N2O. The maximum absolute atomic E-state index is 11.9. The van der Waals surface area contributed by atoms with Crippen LogP contribution in [-0.4, -0.2) is 36.5 Å². The van der Waals surface area contributed by atoms with Crippen molar-refractivity contribution in [2.75, 3.05) is 13.1 Å². The first-order valence-corrected chi connectivity index (χ1v) is 5.64. The maximum Gasteiger partial charge on any atom is 0.522 e. The lowest BCUT2D eigenvalue weighted by Gasteiger charge is -2.42. The number of halogens is 3. The Labute approximate surface area is 99.6 Å². The van der Waals surface area contributed by atoms with E-state index in [4.69, 9.17) is 0 Å². The summed E-state index contributed by atoms with van der Waals surface area (Å²) in [6.07, 6.45) is -5.32. The van der Waals surface area contributed by atoms with Gasteiger partial charge in [-0.2, -0.15) is 0 Å². The zero-order valence-electron chi connectivity index (χ0n) is 10.3. The Bertz CT molecular complexity index is 272. The summed E-state index contributed by atoms with van der Waals surface area (Å²) in [7, 11) is 0. The standard InChI is InChI=1S/C11H19F3N2O/c1-7(2)8(3)15-9(4)16-5-10(6-16)17-11(12,13)14/h7-8,10,15H,4-6H2,1-3H3/t8-/m1/s1. The van der Waals surface area contributed by atoms with Crippen LogP contribution in [0.3, 0.4) is 0 Å². The van der Waals surface area contributed by atoms with E-state index in [1.54, 1.807) is 4.90 Å². The molecule has 0 unspecified atom stereocenters. The number of hydrogen-bond acceptors (Lipinski definition) is 3. The van der Waals surface area contributed by atoms with Crippen LogP contribution in [0.4, 0.5) is 13.2 Å². The number of nitrogens with zero attached hydrogens (tertiary/aromatic N) is 1. The number of ether oxygens (including phenoxy) is 1. The van der Waals surface area contributed by atoms with Crippen molar-refractivity contribution >= 4 is 0 Å². The Morgan fingerprint density at radius 1 is 1.35 bits per heavy atom. The minimum atomic E-state index is -4.54. The lowest BCUT2D eigenvalue weighted by atomic mass is 10.1. The van der Waals surface area contributed by atoms with Crippen LogP contribution in [-0.2, 0) is 4.74 Å². The third kappa shape index (κ3) is 4.46. The van der Waals surface area contributed by atoms with E-state index in [-0.39, 0.29) is 19.1 Å². The zero-order chi connectivity index (χ0) is 13.2. The van der Waals surface area contributed by atoms with Gasteiger partial charge in [-0.05, 0) is 12.8 Å². The molecule has 0 radical (unpaired) electrons. The topological polar surface area (TPSA) is 24.5 Å². The summed E-state index contributed by atoms with van der Waals surface area (Å²) in [6, 6.07) is 0.241. The van der Waals surface area contributed by atoms with Crippen LogP contribution in [0.25, 0.3) is 0 Å². The fourth-order valence-electron chi connectivity index (χ4n) is 1.44. The Balaban J connectivity index is 2.26. The molecule has 0 aromatic carbocycles. The van der Waals surface area contributed by atoms with Crippen molar-refractivity contribution in [1.29, 1.82) is 0 Å². The van der Waals surface area contributed by atoms with E-state index in [9.17, 15) is 13.2 Å². The second-order valence-electron chi connectivity index (χ2n) is 4.71. The molecule has 1 rings (SSSR count). The molecule has 17 heavy (non-hydrogen) atoms. The highest BCUT2D eigenvalue weighted by molar-refractivity contribution is 5.00. The van der Waals surface area contributed by atoms with Crippen LogP contribution >= 0.6 is 0 Å². The van der Waals surface area contributed by atoms with E-state index in [1.165, 1.54) is 0 Å². The second-order valence-corrected chi connectivity index (χ2v) is 4.71. The van der Waals surface area contributed by atoms with Crippen molar-refractivity contribution in [3.05, 3.63) is 12.4 Å². The number of nitrogens with one attached hydrogen (secondary N) is 1. The maximum atomic E-state index is 11.9. The summed E-state index contributed by atoms with van der Waals surface area (Å²) < 4.78 is 39.6. The van der Waals surface area contributed by atoms with Crippen LogP contribution in [0, 0.1) is 5.92 Å². The molecule has 1 heterocycles. The molecule has 0 aromatic heterocycles. The van der Waals surface area contributed by atoms with Crippen LogP contribution in [0.5, 0.6) is 0 Å². The van der Waals surface area contributed by atoms with Crippen LogP contribution in [0.1, 0.15) is 20.8 Å². The lowest BCUT2D eigenvalue weighted by molar-refractivity contribution is -0.353. The largest absolute Gasteiger partial charge is 0.522 e. The van der Waals surface area contributed by atoms with Crippen molar-refractivity contribution in [3.63, 3.8) is 0 Å². The monoisotopic (exact) mass is 252 g/mol. The summed E-state index contributed by atoms with van der Waals surface area (Å²) in [5.41, 5.74) is 0. The van der Waals surface area contributed by atoms with Crippen molar-refractivity contribution in [3.8, 4) is 0 Å². The van der Waals surface area contributed by atoms with E-state index in [0.29, 0.717) is 11.7 Å². The first-order valence-electron chi connectivity index (χ1n) is 5.64. The highest BCUT2D eigenvalue weighted by Gasteiger charge is 2.39. The Kier molecular flexibility index (Phi) is 4.30. The first-order chi connectivity index (χ1) is 7.69. The first kappa shape index (κ1) is 14.2. The molecule has 0 saturated carbocycles. The van der Waals surface area contributed by atoms with E-state index >= 15 is 0 Å². The van der Waals surface area contributed by atoms with Crippen molar-refractivity contribution in [1.82, 2.24) is 10.2 Å². The molecule has 1 aliphatic rings. The van der Waals surface area contributed by atoms with Gasteiger partial charge in [-0.3, -0.25) is 4.74 Å². The van der Waals surface area contributed by atoms with Gasteiger partial charge in [0.25, 0.3) is 0 Å². The molecule has 1 fully saturated rings. The van der Waals surface area contributed by atoms with E-state index in [2.05, 4.69) is 30.5 Å². The Hall–Kier alpha value is -0.910. The minimum absolute atomic E-state index is 0.232. The minimum Gasteiger partial charge on any atom is -0.370 e. The highest BCUT2D eigenvalue weighted by Crippen LogP contribution is 2.25. The van der Waals surface area contributed by atoms with Gasteiger partial charge in [0.1, 0.15) is 6.10 Å². The fourth-order valence-corrected chi connectivity index (χ4v) is 1.44. The molecule has 0 aromatic rings. The predicted molar refractivity (Wildman–Crippen MR) is 59.1 cm³/mol. The SMILES string of the molecule is C=C(N[C@H](C)C(C)C)N1CC(OC(F)(F)F)C1. The molecule has 3 nitrogen and oxygen atoms in total. The summed E-state index contributed by atoms with van der Waals surface area (Å²) >= 11 is 0. The van der Waals surface area contributed by atoms with Gasteiger partial charge < -0.3 is 10.2 Å². The summed E-state index contributed by atoms with van der Waals surface area (Å²) in [4.78, 5) is 1.75. The molecule has 6 heteroatoms. The van der Waals surface area contributed by atoms with Crippen molar-refractivity contribution in [2.45, 2.75) is 39.3 Å². The van der Waals surface area contributed by atoms with Gasteiger partial charge in [0.2, 0.25) is 0 Å². The van der Waals surface area contributed by atoms with Crippen molar-refractivity contribution < 1.29 is 17.9 Å². The number of likely N-dealkylation sites (tertiary alicyclic amines) is 1. The molecule has 1 atom stereocenters. The lowest BCUT2D eigenvalue weighted by Crippen LogP contribution is -2.55. The molecule has 1 N–H and O–H groups in total. The summed E-state index contributed by atoms with van der Waals surface area (Å²) in [6.45, 7) is 10.4. The molecular weight excluding hydrogens is 233 g/mol. The molecule has 0 aliphatic carbocycles. The van der Waals surface area contributed by atoms with Gasteiger partial charge in [0, 0.05) is 19.1 Å². The third-order valence-corrected chi connectivity index (χ3v) is 2.92. The van der Waals surface area contributed by atoms with Gasteiger partial charge in [-0.1, -0.05) is 20.4 Å². The normalized spacial score (nSPS) is 19.1. The average Bonchev–Trinajstić information content (AvgIpc) is 2.08. The number of rotatable bonds is 5. The highest BCUT2D eigenvalue weighted by atomic mass is 19.4. The van der Waals surface area contributed by atoms with Crippen LogP contribution in [0.2, 0.25) is 0 Å². The van der Waals surface area contributed by atoms with Crippen LogP contribution in [0.15, 0.2) is 12.4 Å². The number of hydrogen-bond donors (Lipinski definition) is 1. The molecule has 100 valence electrons. The van der Waals surface area contributed by atoms with E-state index < -0.39 is 12.5 Å². The van der Waals surface area contributed by atoms with Crippen molar-refractivity contribution in [2.24, 2.45) is 5.92 Å². The molecule has 0 bridgehead atoms. The van der Waals surface area contributed by atoms with Crippen LogP contribution < -0.4 is 5.32 Å². The van der Waals surface area contributed by atoms with E-state index in [1.807, 2.05) is 6.92 Å². The Morgan fingerprint density at radius 2 is 1.88 bits per heavy atom. The number of alkyl halides is 3. The fraction of sp³-hybridized carbons (Fsp3) is 0.818. The van der Waals surface area contributed by atoms with Gasteiger partial charge >= 0.3 is 6.36 Å². The molecule has 1 saturated heterocycles. The van der Waals surface area contributed by atoms with E-state index in [0.717, 1.165) is 0 Å². The third-order valence-electron chi connectivity index (χ3n) is 2.92. The average molecular weight is 252 g/mol. The van der Waals surface area contributed by atoms with Gasteiger partial charge in [0.05, 0.1) is 5.82 Å². The Morgan fingerprint density at radius 3 is 2.29 bits per heavy atom. The molecule has 0 amide bonds. The zero-order valence-corrected chi connectivity index (χ0v) is 10.3. The van der Waals surface area contributed by atoms with Gasteiger partial charge in [-0.15, -0.1) is 13.2 Å².